The van der Waals surface area contributed by atoms with Crippen LogP contribution in [0.5, 0.6) is 0 Å². The van der Waals surface area contributed by atoms with Gasteiger partial charge in [0, 0.05) is 6.04 Å². The van der Waals surface area contributed by atoms with Crippen LogP contribution >= 0.6 is 0 Å². The monoisotopic (exact) mass is 169 g/mol. The lowest BCUT2D eigenvalue weighted by Gasteiger charge is -2.27. The summed E-state index contributed by atoms with van der Waals surface area (Å²) in [5.41, 5.74) is 1.39. The highest BCUT2D eigenvalue weighted by molar-refractivity contribution is 5.04. The molecule has 0 fully saturated rings. The molecule has 0 radical (unpaired) electrons. The molecule has 0 saturated carbocycles. The maximum atomic E-state index is 4.14. The van der Waals surface area contributed by atoms with Crippen molar-refractivity contribution >= 4 is 0 Å². The van der Waals surface area contributed by atoms with E-state index in [4.69, 9.17) is 0 Å². The molecule has 12 heavy (non-hydrogen) atoms. The molecular weight excluding hydrogens is 146 g/mol. The van der Waals surface area contributed by atoms with Crippen LogP contribution in [0.15, 0.2) is 12.2 Å². The van der Waals surface area contributed by atoms with Crippen molar-refractivity contribution in [3.8, 4) is 0 Å². The van der Waals surface area contributed by atoms with Crippen molar-refractivity contribution in [1.82, 2.24) is 4.90 Å². The predicted octanol–water partition coefficient (Wildman–Crippen LogP) is 3.07. The van der Waals surface area contributed by atoms with Crippen molar-refractivity contribution in [3.05, 3.63) is 12.2 Å². The minimum atomic E-state index is 0.593. The Morgan fingerprint density at radius 3 is 2.25 bits per heavy atom. The lowest BCUT2D eigenvalue weighted by molar-refractivity contribution is 0.275. The van der Waals surface area contributed by atoms with E-state index in [0.29, 0.717) is 6.04 Å². The fourth-order valence-corrected chi connectivity index (χ4v) is 1.62. The Kier molecular flexibility index (Phi) is 6.09. The molecule has 0 bridgehead atoms. The van der Waals surface area contributed by atoms with Crippen LogP contribution in [-0.2, 0) is 0 Å². The lowest BCUT2D eigenvalue weighted by atomic mass is 10.0. The SMILES string of the molecule is C=C(CCC)[C@H](CC)N(C)CC. The second-order valence-corrected chi connectivity index (χ2v) is 3.41. The van der Waals surface area contributed by atoms with Crippen molar-refractivity contribution < 1.29 is 0 Å². The quantitative estimate of drug-likeness (QED) is 0.552. The summed E-state index contributed by atoms with van der Waals surface area (Å²) in [6, 6.07) is 0.593. The molecule has 1 heteroatoms. The standard InChI is InChI=1S/C11H23N/c1-6-9-10(4)11(7-2)12(5)8-3/h11H,4,6-9H2,1-3,5H3/t11-/m0/s1. The third-order valence-corrected chi connectivity index (χ3v) is 2.46. The first kappa shape index (κ1) is 11.7. The van der Waals surface area contributed by atoms with E-state index in [1.165, 1.54) is 24.8 Å². The number of nitrogens with zero attached hydrogens (tertiary/aromatic N) is 1. The number of hydrogen-bond acceptors (Lipinski definition) is 1. The van der Waals surface area contributed by atoms with E-state index < -0.39 is 0 Å². The van der Waals surface area contributed by atoms with Gasteiger partial charge < -0.3 is 0 Å². The van der Waals surface area contributed by atoms with Crippen LogP contribution in [0.25, 0.3) is 0 Å². The second kappa shape index (κ2) is 6.24. The first-order chi connectivity index (χ1) is 5.67. The zero-order valence-corrected chi connectivity index (χ0v) is 9.06. The average Bonchev–Trinajstić information content (AvgIpc) is 2.06. The fourth-order valence-electron chi connectivity index (χ4n) is 1.62. The molecule has 0 spiro atoms. The molecule has 0 aromatic rings. The normalized spacial score (nSPS) is 13.4. The minimum absolute atomic E-state index is 0.593. The van der Waals surface area contributed by atoms with Crippen molar-refractivity contribution in [2.75, 3.05) is 13.6 Å². The van der Waals surface area contributed by atoms with Gasteiger partial charge in [0.25, 0.3) is 0 Å². The van der Waals surface area contributed by atoms with Crippen molar-refractivity contribution in [2.45, 2.75) is 46.1 Å². The summed E-state index contributed by atoms with van der Waals surface area (Å²) in [5, 5.41) is 0. The molecule has 0 heterocycles. The van der Waals surface area contributed by atoms with Crippen LogP contribution in [0.1, 0.15) is 40.0 Å². The van der Waals surface area contributed by atoms with Gasteiger partial charge in [0.05, 0.1) is 0 Å². The topological polar surface area (TPSA) is 3.24 Å². The first-order valence-electron chi connectivity index (χ1n) is 5.05. The fraction of sp³-hybridized carbons (Fsp3) is 0.818. The third-order valence-electron chi connectivity index (χ3n) is 2.46. The van der Waals surface area contributed by atoms with Gasteiger partial charge >= 0.3 is 0 Å². The number of likely N-dealkylation sites (N-methyl/N-ethyl adjacent to an activating group) is 1. The lowest BCUT2D eigenvalue weighted by Crippen LogP contribution is -2.32. The van der Waals surface area contributed by atoms with E-state index in [1.807, 2.05) is 0 Å². The van der Waals surface area contributed by atoms with Gasteiger partial charge in [0.1, 0.15) is 0 Å². The summed E-state index contributed by atoms with van der Waals surface area (Å²) in [6.07, 6.45) is 3.57. The maximum Gasteiger partial charge on any atom is 0.0299 e. The largest absolute Gasteiger partial charge is 0.300 e. The molecule has 0 N–H and O–H groups in total. The summed E-state index contributed by atoms with van der Waals surface area (Å²) >= 11 is 0. The average molecular weight is 169 g/mol. The Morgan fingerprint density at radius 2 is 1.92 bits per heavy atom. The molecule has 1 atom stereocenters. The van der Waals surface area contributed by atoms with Crippen LogP contribution in [0.4, 0.5) is 0 Å². The van der Waals surface area contributed by atoms with Crippen LogP contribution in [0.3, 0.4) is 0 Å². The van der Waals surface area contributed by atoms with Gasteiger partial charge in [-0.1, -0.05) is 39.3 Å². The Balaban J connectivity index is 4.04. The van der Waals surface area contributed by atoms with E-state index in [-0.39, 0.29) is 0 Å². The van der Waals surface area contributed by atoms with Gasteiger partial charge in [-0.3, -0.25) is 4.90 Å². The van der Waals surface area contributed by atoms with Crippen molar-refractivity contribution in [1.29, 1.82) is 0 Å². The van der Waals surface area contributed by atoms with E-state index in [9.17, 15) is 0 Å². The van der Waals surface area contributed by atoms with Gasteiger partial charge in [-0.15, -0.1) is 0 Å². The number of hydrogen-bond donors (Lipinski definition) is 0. The van der Waals surface area contributed by atoms with Crippen LogP contribution in [0.2, 0.25) is 0 Å². The van der Waals surface area contributed by atoms with Crippen LogP contribution in [-0.4, -0.2) is 24.5 Å². The molecule has 0 amide bonds. The molecule has 0 aromatic carbocycles. The Hall–Kier alpha value is -0.300. The molecule has 0 unspecified atom stereocenters. The van der Waals surface area contributed by atoms with E-state index in [1.54, 1.807) is 0 Å². The maximum absolute atomic E-state index is 4.14. The molecule has 0 aromatic heterocycles. The Morgan fingerprint density at radius 1 is 1.33 bits per heavy atom. The molecule has 0 aliphatic carbocycles. The first-order valence-corrected chi connectivity index (χ1v) is 5.05. The predicted molar refractivity (Wildman–Crippen MR) is 56.4 cm³/mol. The Bertz CT molecular complexity index is 129. The minimum Gasteiger partial charge on any atom is -0.300 e. The van der Waals surface area contributed by atoms with Gasteiger partial charge in [-0.25, -0.2) is 0 Å². The third kappa shape index (κ3) is 3.40. The van der Waals surface area contributed by atoms with Crippen molar-refractivity contribution in [3.63, 3.8) is 0 Å². The highest BCUT2D eigenvalue weighted by Crippen LogP contribution is 2.15. The highest BCUT2D eigenvalue weighted by Gasteiger charge is 2.13. The molecule has 0 aliphatic heterocycles. The zero-order chi connectivity index (χ0) is 9.56. The van der Waals surface area contributed by atoms with Crippen LogP contribution < -0.4 is 0 Å². The molecular formula is C11H23N. The smallest absolute Gasteiger partial charge is 0.0299 e. The molecule has 0 saturated heterocycles. The van der Waals surface area contributed by atoms with E-state index in [2.05, 4.69) is 39.3 Å². The summed E-state index contributed by atoms with van der Waals surface area (Å²) in [5.74, 6) is 0. The highest BCUT2D eigenvalue weighted by atomic mass is 15.1. The van der Waals surface area contributed by atoms with Gasteiger partial charge in [0.2, 0.25) is 0 Å². The van der Waals surface area contributed by atoms with E-state index >= 15 is 0 Å². The van der Waals surface area contributed by atoms with E-state index in [0.717, 1.165) is 6.54 Å². The van der Waals surface area contributed by atoms with Gasteiger partial charge in [0.15, 0.2) is 0 Å². The Labute approximate surface area is 77.5 Å². The summed E-state index contributed by atoms with van der Waals surface area (Å²) < 4.78 is 0. The van der Waals surface area contributed by atoms with Gasteiger partial charge in [-0.2, -0.15) is 0 Å². The summed E-state index contributed by atoms with van der Waals surface area (Å²) in [6.45, 7) is 11.9. The summed E-state index contributed by atoms with van der Waals surface area (Å²) in [7, 11) is 2.18. The van der Waals surface area contributed by atoms with Crippen molar-refractivity contribution in [2.24, 2.45) is 0 Å². The molecule has 0 aliphatic rings. The molecule has 0 rings (SSSR count). The van der Waals surface area contributed by atoms with Gasteiger partial charge in [-0.05, 0) is 26.4 Å². The zero-order valence-electron chi connectivity index (χ0n) is 9.06. The molecule has 1 nitrogen and oxygen atoms in total. The summed E-state index contributed by atoms with van der Waals surface area (Å²) in [4.78, 5) is 2.37. The number of rotatable bonds is 6. The second-order valence-electron chi connectivity index (χ2n) is 3.41. The molecule has 72 valence electrons. The van der Waals surface area contributed by atoms with Crippen LogP contribution in [0, 0.1) is 0 Å².